The first-order valence-electron chi connectivity index (χ1n) is 6.22. The van der Waals surface area contributed by atoms with E-state index in [0.29, 0.717) is 13.1 Å². The van der Waals surface area contributed by atoms with E-state index in [1.807, 2.05) is 6.92 Å². The molecule has 1 aliphatic rings. The third-order valence-electron chi connectivity index (χ3n) is 3.69. The van der Waals surface area contributed by atoms with Crippen molar-refractivity contribution in [3.05, 3.63) is 0 Å². The van der Waals surface area contributed by atoms with Gasteiger partial charge in [0.15, 0.2) is 0 Å². The van der Waals surface area contributed by atoms with Crippen LogP contribution in [0.3, 0.4) is 0 Å². The molecule has 1 aliphatic carbocycles. The molecule has 0 aromatic rings. The molecule has 94 valence electrons. The van der Waals surface area contributed by atoms with Gasteiger partial charge in [0.05, 0.1) is 6.61 Å². The molecule has 4 nitrogen and oxygen atoms in total. The van der Waals surface area contributed by atoms with Gasteiger partial charge in [-0.05, 0) is 12.8 Å². The quantitative estimate of drug-likeness (QED) is 0.646. The lowest BCUT2D eigenvalue weighted by Gasteiger charge is -2.35. The minimum Gasteiger partial charge on any atom is -0.396 e. The first kappa shape index (κ1) is 13.5. The Hall–Kier alpha value is -0.610. The second-order valence-electron chi connectivity index (χ2n) is 5.07. The number of carbonyl (C=O) groups is 1. The van der Waals surface area contributed by atoms with E-state index in [-0.39, 0.29) is 23.8 Å². The van der Waals surface area contributed by atoms with Gasteiger partial charge in [-0.25, -0.2) is 0 Å². The molecule has 0 heterocycles. The van der Waals surface area contributed by atoms with E-state index in [1.165, 1.54) is 6.42 Å². The number of aliphatic hydroxyl groups is 1. The normalized spacial score (nSPS) is 21.4. The molecule has 4 N–H and O–H groups in total. The molecular weight excluding hydrogens is 204 g/mol. The van der Waals surface area contributed by atoms with Crippen LogP contribution < -0.4 is 11.1 Å². The number of nitrogens with one attached hydrogen (secondary N) is 1. The van der Waals surface area contributed by atoms with Crippen molar-refractivity contribution >= 4 is 5.91 Å². The Balaban J connectivity index is 2.41. The summed E-state index contributed by atoms with van der Waals surface area (Å²) in [6.45, 7) is 2.96. The highest BCUT2D eigenvalue weighted by Gasteiger charge is 2.31. The molecule has 0 radical (unpaired) electrons. The topological polar surface area (TPSA) is 75.4 Å². The molecule has 4 heteroatoms. The van der Waals surface area contributed by atoms with Crippen molar-refractivity contribution in [2.24, 2.45) is 17.1 Å². The predicted octanol–water partition coefficient (Wildman–Crippen LogP) is 0.640. The first-order valence-corrected chi connectivity index (χ1v) is 6.22. The minimum atomic E-state index is -0.140. The Labute approximate surface area is 97.6 Å². The van der Waals surface area contributed by atoms with E-state index in [0.717, 1.165) is 25.7 Å². The molecule has 1 rings (SSSR count). The fourth-order valence-corrected chi connectivity index (χ4v) is 2.25. The Morgan fingerprint density at radius 3 is 2.56 bits per heavy atom. The van der Waals surface area contributed by atoms with E-state index in [9.17, 15) is 9.90 Å². The van der Waals surface area contributed by atoms with Crippen LogP contribution in [0.2, 0.25) is 0 Å². The molecule has 0 aliphatic heterocycles. The summed E-state index contributed by atoms with van der Waals surface area (Å²) in [5, 5.41) is 12.4. The van der Waals surface area contributed by atoms with E-state index in [1.54, 1.807) is 0 Å². The van der Waals surface area contributed by atoms with Gasteiger partial charge in [0.25, 0.3) is 0 Å². The fraction of sp³-hybridized carbons (Fsp3) is 0.917. The SMILES string of the molecule is CC(CN)C(=O)NCC1(CO)CCCCC1. The van der Waals surface area contributed by atoms with Gasteiger partial charge in [-0.3, -0.25) is 4.79 Å². The zero-order valence-corrected chi connectivity index (χ0v) is 10.2. The highest BCUT2D eigenvalue weighted by Crippen LogP contribution is 2.35. The highest BCUT2D eigenvalue weighted by atomic mass is 16.3. The van der Waals surface area contributed by atoms with Crippen LogP contribution in [0.4, 0.5) is 0 Å². The van der Waals surface area contributed by atoms with Gasteiger partial charge in [0.1, 0.15) is 0 Å². The third-order valence-corrected chi connectivity index (χ3v) is 3.69. The summed E-state index contributed by atoms with van der Waals surface area (Å²) in [6, 6.07) is 0. The largest absolute Gasteiger partial charge is 0.396 e. The van der Waals surface area contributed by atoms with Gasteiger partial charge in [-0.1, -0.05) is 26.2 Å². The Morgan fingerprint density at radius 2 is 2.06 bits per heavy atom. The number of rotatable bonds is 5. The average Bonchev–Trinajstić information content (AvgIpc) is 2.36. The number of hydrogen-bond donors (Lipinski definition) is 3. The van der Waals surface area contributed by atoms with Crippen molar-refractivity contribution in [2.75, 3.05) is 19.7 Å². The zero-order chi connectivity index (χ0) is 12.0. The molecule has 1 amide bonds. The summed E-state index contributed by atoms with van der Waals surface area (Å²) in [4.78, 5) is 11.6. The molecule has 0 bridgehead atoms. The van der Waals surface area contributed by atoms with Crippen LogP contribution in [0.25, 0.3) is 0 Å². The Kier molecular flexibility index (Phi) is 5.22. The van der Waals surface area contributed by atoms with Crippen molar-refractivity contribution in [3.8, 4) is 0 Å². The van der Waals surface area contributed by atoms with Crippen LogP contribution in [0.5, 0.6) is 0 Å². The second kappa shape index (κ2) is 6.21. The van der Waals surface area contributed by atoms with E-state index in [2.05, 4.69) is 5.32 Å². The number of aliphatic hydroxyl groups excluding tert-OH is 1. The van der Waals surface area contributed by atoms with Crippen LogP contribution in [0.1, 0.15) is 39.0 Å². The molecule has 1 atom stereocenters. The lowest BCUT2D eigenvalue weighted by atomic mass is 9.74. The summed E-state index contributed by atoms with van der Waals surface area (Å²) in [5.74, 6) is -0.139. The van der Waals surface area contributed by atoms with E-state index < -0.39 is 0 Å². The first-order chi connectivity index (χ1) is 7.63. The summed E-state index contributed by atoms with van der Waals surface area (Å²) in [5.41, 5.74) is 5.36. The monoisotopic (exact) mass is 228 g/mol. The van der Waals surface area contributed by atoms with Gasteiger partial charge in [-0.2, -0.15) is 0 Å². The van der Waals surface area contributed by atoms with Crippen LogP contribution in [0, 0.1) is 11.3 Å². The standard InChI is InChI=1S/C12H24N2O2/c1-10(7-13)11(16)14-8-12(9-15)5-3-2-4-6-12/h10,15H,2-9,13H2,1H3,(H,14,16). The van der Waals surface area contributed by atoms with Crippen molar-refractivity contribution in [1.29, 1.82) is 0 Å². The smallest absolute Gasteiger partial charge is 0.224 e. The molecule has 0 saturated heterocycles. The summed E-state index contributed by atoms with van der Waals surface area (Å²) in [7, 11) is 0. The van der Waals surface area contributed by atoms with Gasteiger partial charge in [0.2, 0.25) is 5.91 Å². The Morgan fingerprint density at radius 1 is 1.44 bits per heavy atom. The molecular formula is C12H24N2O2. The van der Waals surface area contributed by atoms with Gasteiger partial charge in [0, 0.05) is 24.4 Å². The third kappa shape index (κ3) is 3.46. The minimum absolute atomic E-state index is 0.000832. The van der Waals surface area contributed by atoms with Crippen LogP contribution in [-0.4, -0.2) is 30.7 Å². The molecule has 1 unspecified atom stereocenters. The molecule has 0 aromatic heterocycles. The molecule has 1 fully saturated rings. The number of carbonyl (C=O) groups excluding carboxylic acids is 1. The fourth-order valence-electron chi connectivity index (χ4n) is 2.25. The maximum absolute atomic E-state index is 11.6. The van der Waals surface area contributed by atoms with Crippen molar-refractivity contribution in [1.82, 2.24) is 5.32 Å². The van der Waals surface area contributed by atoms with E-state index >= 15 is 0 Å². The molecule has 1 saturated carbocycles. The lowest BCUT2D eigenvalue weighted by Crippen LogP contribution is -2.44. The van der Waals surface area contributed by atoms with E-state index in [4.69, 9.17) is 5.73 Å². The van der Waals surface area contributed by atoms with Crippen LogP contribution in [-0.2, 0) is 4.79 Å². The summed E-state index contributed by atoms with van der Waals surface area (Å²) in [6.07, 6.45) is 5.59. The second-order valence-corrected chi connectivity index (χ2v) is 5.07. The predicted molar refractivity (Wildman–Crippen MR) is 63.8 cm³/mol. The summed E-state index contributed by atoms with van der Waals surface area (Å²) >= 11 is 0. The van der Waals surface area contributed by atoms with Crippen LogP contribution in [0.15, 0.2) is 0 Å². The Bertz CT molecular complexity index is 225. The van der Waals surface area contributed by atoms with Crippen molar-refractivity contribution in [3.63, 3.8) is 0 Å². The van der Waals surface area contributed by atoms with Crippen LogP contribution >= 0.6 is 0 Å². The van der Waals surface area contributed by atoms with Crippen molar-refractivity contribution in [2.45, 2.75) is 39.0 Å². The van der Waals surface area contributed by atoms with Gasteiger partial charge >= 0.3 is 0 Å². The molecule has 16 heavy (non-hydrogen) atoms. The summed E-state index contributed by atoms with van der Waals surface area (Å²) < 4.78 is 0. The number of amides is 1. The average molecular weight is 228 g/mol. The highest BCUT2D eigenvalue weighted by molar-refractivity contribution is 5.78. The maximum Gasteiger partial charge on any atom is 0.224 e. The molecule has 0 aromatic carbocycles. The van der Waals surface area contributed by atoms with Gasteiger partial charge in [-0.15, -0.1) is 0 Å². The molecule has 0 spiro atoms. The maximum atomic E-state index is 11.6. The number of hydrogen-bond acceptors (Lipinski definition) is 3. The number of nitrogens with two attached hydrogens (primary N) is 1. The lowest BCUT2D eigenvalue weighted by molar-refractivity contribution is -0.125. The van der Waals surface area contributed by atoms with Gasteiger partial charge < -0.3 is 16.2 Å². The zero-order valence-electron chi connectivity index (χ0n) is 10.2. The van der Waals surface area contributed by atoms with Crippen molar-refractivity contribution < 1.29 is 9.90 Å².